The largest absolute Gasteiger partial charge is 0.465 e. The SMILES string of the molecule is COC(=O)c1ccc2c(c1)N(Cc1ccsc1Br)C(=O)C2(C)C. The van der Waals surface area contributed by atoms with E-state index in [0.717, 1.165) is 20.6 Å². The van der Waals surface area contributed by atoms with Gasteiger partial charge in [-0.2, -0.15) is 0 Å². The lowest BCUT2D eigenvalue weighted by Crippen LogP contribution is -2.35. The molecule has 2 heterocycles. The van der Waals surface area contributed by atoms with Crippen molar-refractivity contribution in [1.29, 1.82) is 0 Å². The van der Waals surface area contributed by atoms with Crippen molar-refractivity contribution < 1.29 is 14.3 Å². The molecule has 0 atom stereocenters. The number of halogens is 1. The fraction of sp³-hybridized carbons (Fsp3) is 0.294. The van der Waals surface area contributed by atoms with Crippen LogP contribution in [0.15, 0.2) is 33.4 Å². The molecule has 0 spiro atoms. The standard InChI is InChI=1S/C17H16BrNO3S/c1-17(2)12-5-4-10(15(20)22-3)8-13(12)19(16(17)21)9-11-6-7-23-14(11)18/h4-8H,9H2,1-3H3. The van der Waals surface area contributed by atoms with E-state index in [2.05, 4.69) is 15.9 Å². The number of ether oxygens (including phenoxy) is 1. The second-order valence-corrected chi connectivity index (χ2v) is 8.19. The molecule has 1 amide bonds. The molecule has 0 unspecified atom stereocenters. The van der Waals surface area contributed by atoms with E-state index < -0.39 is 11.4 Å². The van der Waals surface area contributed by atoms with Crippen molar-refractivity contribution in [3.63, 3.8) is 0 Å². The van der Waals surface area contributed by atoms with Gasteiger partial charge in [0.05, 0.1) is 28.4 Å². The van der Waals surface area contributed by atoms with Crippen LogP contribution >= 0.6 is 27.3 Å². The van der Waals surface area contributed by atoms with Gasteiger partial charge in [-0.3, -0.25) is 4.79 Å². The molecule has 0 radical (unpaired) electrons. The Hall–Kier alpha value is -1.66. The fourth-order valence-corrected chi connectivity index (χ4v) is 4.07. The lowest BCUT2D eigenvalue weighted by Gasteiger charge is -2.20. The van der Waals surface area contributed by atoms with Crippen LogP contribution in [0.25, 0.3) is 0 Å². The molecule has 0 aliphatic carbocycles. The van der Waals surface area contributed by atoms with Gasteiger partial charge in [0.15, 0.2) is 0 Å². The number of hydrogen-bond acceptors (Lipinski definition) is 4. The van der Waals surface area contributed by atoms with Crippen molar-refractivity contribution in [2.45, 2.75) is 25.8 Å². The number of anilines is 1. The number of hydrogen-bond donors (Lipinski definition) is 0. The van der Waals surface area contributed by atoms with Crippen molar-refractivity contribution in [3.8, 4) is 0 Å². The normalized spacial score (nSPS) is 15.7. The van der Waals surface area contributed by atoms with Gasteiger partial charge < -0.3 is 9.64 Å². The van der Waals surface area contributed by atoms with E-state index in [9.17, 15) is 9.59 Å². The minimum absolute atomic E-state index is 0.0348. The Bertz CT molecular complexity index is 797. The van der Waals surface area contributed by atoms with Crippen LogP contribution in [0.2, 0.25) is 0 Å². The molecule has 0 N–H and O–H groups in total. The molecule has 6 heteroatoms. The molecule has 1 aromatic heterocycles. The van der Waals surface area contributed by atoms with E-state index in [1.54, 1.807) is 28.4 Å². The van der Waals surface area contributed by atoms with Crippen LogP contribution in [0.5, 0.6) is 0 Å². The van der Waals surface area contributed by atoms with Crippen molar-refractivity contribution in [1.82, 2.24) is 0 Å². The van der Waals surface area contributed by atoms with Gasteiger partial charge in [-0.25, -0.2) is 4.79 Å². The maximum atomic E-state index is 12.9. The lowest BCUT2D eigenvalue weighted by atomic mass is 9.86. The number of benzene rings is 1. The highest BCUT2D eigenvalue weighted by Gasteiger charge is 2.44. The molecule has 23 heavy (non-hydrogen) atoms. The van der Waals surface area contributed by atoms with Crippen molar-refractivity contribution in [3.05, 3.63) is 50.1 Å². The molecular weight excluding hydrogens is 378 g/mol. The van der Waals surface area contributed by atoms with Gasteiger partial charge in [0.1, 0.15) is 0 Å². The molecule has 0 bridgehead atoms. The molecule has 120 valence electrons. The predicted octanol–water partition coefficient (Wildman–Crippen LogP) is 4.12. The molecule has 3 rings (SSSR count). The Morgan fingerprint density at radius 1 is 1.35 bits per heavy atom. The number of carbonyl (C=O) groups is 2. The smallest absolute Gasteiger partial charge is 0.337 e. The van der Waals surface area contributed by atoms with Crippen LogP contribution in [-0.4, -0.2) is 19.0 Å². The minimum atomic E-state index is -0.605. The number of carbonyl (C=O) groups excluding carboxylic acids is 2. The molecule has 1 aliphatic rings. The van der Waals surface area contributed by atoms with Gasteiger partial charge in [0, 0.05) is 5.69 Å². The average Bonchev–Trinajstić information content (AvgIpc) is 3.02. The highest BCUT2D eigenvalue weighted by atomic mass is 79.9. The number of rotatable bonds is 3. The first-order valence-electron chi connectivity index (χ1n) is 7.13. The quantitative estimate of drug-likeness (QED) is 0.736. The molecule has 0 fully saturated rings. The molecule has 0 saturated heterocycles. The Balaban J connectivity index is 2.07. The lowest BCUT2D eigenvalue weighted by molar-refractivity contribution is -0.122. The van der Waals surface area contributed by atoms with Crippen molar-refractivity contribution in [2.75, 3.05) is 12.0 Å². The van der Waals surface area contributed by atoms with Crippen LogP contribution in [0, 0.1) is 0 Å². The van der Waals surface area contributed by atoms with Crippen LogP contribution in [0.4, 0.5) is 5.69 Å². The zero-order chi connectivity index (χ0) is 16.8. The monoisotopic (exact) mass is 393 g/mol. The van der Waals surface area contributed by atoms with Crippen molar-refractivity contribution in [2.24, 2.45) is 0 Å². The molecule has 1 aliphatic heterocycles. The number of methoxy groups -OCH3 is 1. The summed E-state index contributed by atoms with van der Waals surface area (Å²) in [4.78, 5) is 26.4. The van der Waals surface area contributed by atoms with Crippen LogP contribution in [0.1, 0.15) is 35.3 Å². The Labute approximate surface area is 147 Å². The zero-order valence-electron chi connectivity index (χ0n) is 13.1. The van der Waals surface area contributed by atoms with Gasteiger partial charge in [0.2, 0.25) is 5.91 Å². The van der Waals surface area contributed by atoms with E-state index in [1.165, 1.54) is 7.11 Å². The van der Waals surface area contributed by atoms with E-state index in [-0.39, 0.29) is 5.91 Å². The summed E-state index contributed by atoms with van der Waals surface area (Å²) in [7, 11) is 1.35. The van der Waals surface area contributed by atoms with Gasteiger partial charge in [-0.1, -0.05) is 6.07 Å². The first-order valence-corrected chi connectivity index (χ1v) is 8.80. The van der Waals surface area contributed by atoms with E-state index in [1.807, 2.05) is 31.4 Å². The topological polar surface area (TPSA) is 46.6 Å². The molecule has 0 saturated carbocycles. The molecular formula is C17H16BrNO3S. The predicted molar refractivity (Wildman–Crippen MR) is 94.0 cm³/mol. The third-order valence-electron chi connectivity index (χ3n) is 4.18. The van der Waals surface area contributed by atoms with Crippen LogP contribution < -0.4 is 4.90 Å². The number of thiophene rings is 1. The fourth-order valence-electron chi connectivity index (χ4n) is 2.85. The third kappa shape index (κ3) is 2.60. The number of nitrogens with zero attached hydrogens (tertiary/aromatic N) is 1. The van der Waals surface area contributed by atoms with Crippen LogP contribution in [0.3, 0.4) is 0 Å². The highest BCUT2D eigenvalue weighted by Crippen LogP contribution is 2.43. The summed E-state index contributed by atoms with van der Waals surface area (Å²) in [5, 5.41) is 1.98. The second kappa shape index (κ2) is 5.76. The summed E-state index contributed by atoms with van der Waals surface area (Å²) in [5.74, 6) is -0.366. The summed E-state index contributed by atoms with van der Waals surface area (Å²) in [6.07, 6.45) is 0. The summed E-state index contributed by atoms with van der Waals surface area (Å²) in [5.41, 5.74) is 2.61. The van der Waals surface area contributed by atoms with Gasteiger partial charge in [0.25, 0.3) is 0 Å². The second-order valence-electron chi connectivity index (χ2n) is 5.96. The van der Waals surface area contributed by atoms with E-state index >= 15 is 0 Å². The summed E-state index contributed by atoms with van der Waals surface area (Å²) < 4.78 is 5.80. The molecule has 4 nitrogen and oxygen atoms in total. The Morgan fingerprint density at radius 2 is 2.09 bits per heavy atom. The molecule has 2 aromatic rings. The number of amides is 1. The number of fused-ring (bicyclic) bond motifs is 1. The van der Waals surface area contributed by atoms with E-state index in [0.29, 0.717) is 12.1 Å². The van der Waals surface area contributed by atoms with Gasteiger partial charge in [-0.15, -0.1) is 11.3 Å². The van der Waals surface area contributed by atoms with Crippen LogP contribution in [-0.2, 0) is 21.5 Å². The zero-order valence-corrected chi connectivity index (χ0v) is 15.5. The first kappa shape index (κ1) is 16.2. The van der Waals surface area contributed by atoms with Gasteiger partial charge >= 0.3 is 5.97 Å². The highest BCUT2D eigenvalue weighted by molar-refractivity contribution is 9.11. The third-order valence-corrected chi connectivity index (χ3v) is 6.00. The first-order chi connectivity index (χ1) is 10.9. The van der Waals surface area contributed by atoms with E-state index in [4.69, 9.17) is 4.74 Å². The maximum Gasteiger partial charge on any atom is 0.337 e. The Kier molecular flexibility index (Phi) is 4.06. The average molecular weight is 394 g/mol. The summed E-state index contributed by atoms with van der Waals surface area (Å²) in [6.45, 7) is 4.30. The van der Waals surface area contributed by atoms with Crippen molar-refractivity contribution >= 4 is 44.8 Å². The van der Waals surface area contributed by atoms with Gasteiger partial charge in [-0.05, 0) is 64.5 Å². The number of esters is 1. The Morgan fingerprint density at radius 3 is 2.70 bits per heavy atom. The summed E-state index contributed by atoms with van der Waals surface area (Å²) >= 11 is 5.10. The summed E-state index contributed by atoms with van der Waals surface area (Å²) in [6, 6.07) is 7.30. The minimum Gasteiger partial charge on any atom is -0.465 e. The molecule has 1 aromatic carbocycles. The maximum absolute atomic E-state index is 12.9.